The normalized spacial score (nSPS) is 10.3. The molecular formula is C14H20N2O6. The van der Waals surface area contributed by atoms with Crippen molar-refractivity contribution in [3.63, 3.8) is 0 Å². The molecule has 0 unspecified atom stereocenters. The van der Waals surface area contributed by atoms with E-state index in [9.17, 15) is 24.9 Å². The number of aromatic hydroxyl groups is 3. The Labute approximate surface area is 127 Å². The number of hydrogen-bond acceptors (Lipinski definition) is 6. The molecule has 0 atom stereocenters. The van der Waals surface area contributed by atoms with Gasteiger partial charge < -0.3 is 30.7 Å². The van der Waals surface area contributed by atoms with Crippen molar-refractivity contribution in [2.45, 2.75) is 13.8 Å². The van der Waals surface area contributed by atoms with Gasteiger partial charge in [0.2, 0.25) is 0 Å². The van der Waals surface area contributed by atoms with Gasteiger partial charge >= 0.3 is 6.09 Å². The van der Waals surface area contributed by atoms with Crippen LogP contribution in [0.1, 0.15) is 24.2 Å². The van der Waals surface area contributed by atoms with Crippen molar-refractivity contribution in [2.24, 2.45) is 5.92 Å². The Hall–Kier alpha value is -2.64. The lowest BCUT2D eigenvalue weighted by atomic mass is 10.1. The van der Waals surface area contributed by atoms with Gasteiger partial charge in [-0.25, -0.2) is 4.79 Å². The summed E-state index contributed by atoms with van der Waals surface area (Å²) in [5.41, 5.74) is -0.0183. The lowest BCUT2D eigenvalue weighted by molar-refractivity contribution is 0.0950. The Bertz CT molecular complexity index is 521. The molecule has 0 saturated heterocycles. The monoisotopic (exact) mass is 312 g/mol. The number of benzene rings is 1. The molecule has 122 valence electrons. The van der Waals surface area contributed by atoms with Crippen LogP contribution in [0.25, 0.3) is 0 Å². The van der Waals surface area contributed by atoms with Crippen molar-refractivity contribution >= 4 is 12.0 Å². The Morgan fingerprint density at radius 1 is 1.09 bits per heavy atom. The van der Waals surface area contributed by atoms with E-state index < -0.39 is 29.2 Å². The van der Waals surface area contributed by atoms with E-state index in [1.807, 2.05) is 13.8 Å². The Kier molecular flexibility index (Phi) is 6.30. The number of phenols is 3. The third kappa shape index (κ3) is 5.39. The van der Waals surface area contributed by atoms with Crippen LogP contribution in [0.2, 0.25) is 0 Å². The summed E-state index contributed by atoms with van der Waals surface area (Å²) in [6.45, 7) is 4.44. The number of nitrogens with one attached hydrogen (secondary N) is 2. The van der Waals surface area contributed by atoms with E-state index >= 15 is 0 Å². The van der Waals surface area contributed by atoms with Gasteiger partial charge in [-0.05, 0) is 18.1 Å². The van der Waals surface area contributed by atoms with E-state index in [4.69, 9.17) is 4.74 Å². The van der Waals surface area contributed by atoms with Gasteiger partial charge in [-0.15, -0.1) is 0 Å². The number of ether oxygens (including phenoxy) is 1. The van der Waals surface area contributed by atoms with Gasteiger partial charge in [-0.3, -0.25) is 4.79 Å². The van der Waals surface area contributed by atoms with E-state index in [-0.39, 0.29) is 24.6 Å². The first-order valence-corrected chi connectivity index (χ1v) is 6.75. The molecule has 22 heavy (non-hydrogen) atoms. The minimum absolute atomic E-state index is 0.0183. The Balaban J connectivity index is 2.36. The molecule has 0 spiro atoms. The second-order valence-corrected chi connectivity index (χ2v) is 5.04. The molecule has 0 bridgehead atoms. The summed E-state index contributed by atoms with van der Waals surface area (Å²) in [5.74, 6) is -2.21. The zero-order valence-corrected chi connectivity index (χ0v) is 12.4. The predicted molar refractivity (Wildman–Crippen MR) is 78.0 cm³/mol. The van der Waals surface area contributed by atoms with Crippen molar-refractivity contribution in [1.82, 2.24) is 10.6 Å². The van der Waals surface area contributed by atoms with Crippen LogP contribution < -0.4 is 10.6 Å². The van der Waals surface area contributed by atoms with Gasteiger partial charge in [0.05, 0.1) is 6.61 Å². The van der Waals surface area contributed by atoms with Crippen molar-refractivity contribution in [3.8, 4) is 17.2 Å². The zero-order chi connectivity index (χ0) is 16.7. The summed E-state index contributed by atoms with van der Waals surface area (Å²) in [4.78, 5) is 23.0. The second-order valence-electron chi connectivity index (χ2n) is 5.04. The number of alkyl carbamates (subject to hydrolysis) is 1. The smallest absolute Gasteiger partial charge is 0.407 e. The van der Waals surface area contributed by atoms with E-state index in [1.54, 1.807) is 0 Å². The molecule has 8 heteroatoms. The van der Waals surface area contributed by atoms with Crippen molar-refractivity contribution in [2.75, 3.05) is 19.7 Å². The first kappa shape index (κ1) is 17.4. The Morgan fingerprint density at radius 3 is 2.18 bits per heavy atom. The average Bonchev–Trinajstić information content (AvgIpc) is 2.46. The molecule has 2 amide bonds. The maximum absolute atomic E-state index is 11.8. The molecule has 0 aliphatic carbocycles. The fraction of sp³-hybridized carbons (Fsp3) is 0.429. The molecule has 0 saturated carbocycles. The third-order valence-electron chi connectivity index (χ3n) is 2.56. The topological polar surface area (TPSA) is 128 Å². The number of hydrogen-bond donors (Lipinski definition) is 5. The number of rotatable bonds is 6. The predicted octanol–water partition coefficient (Wildman–Crippen LogP) is 0.915. The molecule has 0 radical (unpaired) electrons. The zero-order valence-electron chi connectivity index (χ0n) is 12.4. The molecular weight excluding hydrogens is 292 g/mol. The Morgan fingerprint density at radius 2 is 1.64 bits per heavy atom. The highest BCUT2D eigenvalue weighted by Crippen LogP contribution is 2.35. The van der Waals surface area contributed by atoms with Crippen LogP contribution in [0, 0.1) is 5.92 Å². The molecule has 8 nitrogen and oxygen atoms in total. The first-order valence-electron chi connectivity index (χ1n) is 6.75. The molecule has 5 N–H and O–H groups in total. The van der Waals surface area contributed by atoms with Gasteiger partial charge in [0, 0.05) is 18.7 Å². The lowest BCUT2D eigenvalue weighted by Gasteiger charge is -2.10. The number of amides is 2. The third-order valence-corrected chi connectivity index (χ3v) is 2.56. The summed E-state index contributed by atoms with van der Waals surface area (Å²) in [6, 6.07) is 2.05. The molecule has 0 aromatic heterocycles. The van der Waals surface area contributed by atoms with Crippen LogP contribution >= 0.6 is 0 Å². The van der Waals surface area contributed by atoms with E-state index in [0.29, 0.717) is 6.61 Å². The highest BCUT2D eigenvalue weighted by molar-refractivity contribution is 5.95. The summed E-state index contributed by atoms with van der Waals surface area (Å²) in [7, 11) is 0. The average molecular weight is 312 g/mol. The van der Waals surface area contributed by atoms with Gasteiger partial charge in [0.1, 0.15) is 0 Å². The fourth-order valence-corrected chi connectivity index (χ4v) is 1.47. The summed E-state index contributed by atoms with van der Waals surface area (Å²) in [5, 5.41) is 32.8. The molecule has 0 aliphatic heterocycles. The minimum Gasteiger partial charge on any atom is -0.504 e. The maximum Gasteiger partial charge on any atom is 0.407 e. The molecule has 0 heterocycles. The van der Waals surface area contributed by atoms with Crippen molar-refractivity contribution < 1.29 is 29.6 Å². The highest BCUT2D eigenvalue weighted by atomic mass is 16.5. The maximum atomic E-state index is 11.8. The van der Waals surface area contributed by atoms with Gasteiger partial charge in [0.15, 0.2) is 17.2 Å². The molecule has 0 aliphatic rings. The summed E-state index contributed by atoms with van der Waals surface area (Å²) >= 11 is 0. The second kappa shape index (κ2) is 7.96. The number of carbonyl (C=O) groups is 2. The van der Waals surface area contributed by atoms with Crippen molar-refractivity contribution in [3.05, 3.63) is 17.7 Å². The largest absolute Gasteiger partial charge is 0.504 e. The lowest BCUT2D eigenvalue weighted by Crippen LogP contribution is -2.35. The number of phenolic OH excluding ortho intramolecular Hbond substituents is 3. The number of carbonyl (C=O) groups excluding carboxylic acids is 2. The summed E-state index contributed by atoms with van der Waals surface area (Å²) < 4.78 is 4.88. The van der Waals surface area contributed by atoms with Gasteiger partial charge in [0.25, 0.3) is 5.91 Å². The van der Waals surface area contributed by atoms with Gasteiger partial charge in [-0.1, -0.05) is 13.8 Å². The molecule has 1 rings (SSSR count). The summed E-state index contributed by atoms with van der Waals surface area (Å²) in [6.07, 6.45) is -0.567. The first-order chi connectivity index (χ1) is 10.3. The molecule has 0 fully saturated rings. The molecule has 1 aromatic rings. The quantitative estimate of drug-likeness (QED) is 0.392. The van der Waals surface area contributed by atoms with Crippen LogP contribution in [0.4, 0.5) is 4.79 Å². The van der Waals surface area contributed by atoms with Crippen LogP contribution in [-0.4, -0.2) is 47.0 Å². The SMILES string of the molecule is CC(C)COC(=O)NCCNC(=O)c1cc(O)c(O)c(O)c1. The van der Waals surface area contributed by atoms with Gasteiger partial charge in [-0.2, -0.15) is 0 Å². The van der Waals surface area contributed by atoms with Crippen LogP contribution in [0.5, 0.6) is 17.2 Å². The van der Waals surface area contributed by atoms with Crippen LogP contribution in [0.15, 0.2) is 12.1 Å². The van der Waals surface area contributed by atoms with E-state index in [1.165, 1.54) is 0 Å². The van der Waals surface area contributed by atoms with Crippen LogP contribution in [0.3, 0.4) is 0 Å². The minimum atomic E-state index is -0.689. The highest BCUT2D eigenvalue weighted by Gasteiger charge is 2.13. The molecule has 1 aromatic carbocycles. The van der Waals surface area contributed by atoms with Crippen LogP contribution in [-0.2, 0) is 4.74 Å². The fourth-order valence-electron chi connectivity index (χ4n) is 1.47. The standard InChI is InChI=1S/C14H20N2O6/c1-8(2)7-22-14(21)16-4-3-15-13(20)9-5-10(17)12(19)11(18)6-9/h5-6,8,17-19H,3-4,7H2,1-2H3,(H,15,20)(H,16,21). The van der Waals surface area contributed by atoms with E-state index in [2.05, 4.69) is 10.6 Å². The van der Waals surface area contributed by atoms with Crippen molar-refractivity contribution in [1.29, 1.82) is 0 Å². The van der Waals surface area contributed by atoms with E-state index in [0.717, 1.165) is 12.1 Å².